The van der Waals surface area contributed by atoms with Crippen LogP contribution in [0.25, 0.3) is 0 Å². The molecule has 6 heteroatoms. The minimum absolute atomic E-state index is 0.0503. The maximum absolute atomic E-state index is 12.3. The molecule has 1 atom stereocenters. The van der Waals surface area contributed by atoms with Crippen molar-refractivity contribution in [1.82, 2.24) is 15.2 Å². The number of hydrogen-bond acceptors (Lipinski definition) is 3. The van der Waals surface area contributed by atoms with Crippen LogP contribution in [0.2, 0.25) is 10.2 Å². The Bertz CT molecular complexity index is 454. The minimum atomic E-state index is -0.287. The monoisotopic (exact) mass is 317 g/mol. The highest BCUT2D eigenvalue weighted by molar-refractivity contribution is 6.34. The third kappa shape index (κ3) is 5.65. The van der Waals surface area contributed by atoms with Gasteiger partial charge in [0.25, 0.3) is 5.91 Å². The molecule has 0 aliphatic carbocycles. The van der Waals surface area contributed by atoms with Crippen LogP contribution >= 0.6 is 23.2 Å². The molecule has 0 bridgehead atoms. The molecule has 1 aromatic rings. The average Bonchev–Trinajstić information content (AvgIpc) is 2.30. The Morgan fingerprint density at radius 3 is 2.55 bits per heavy atom. The number of likely N-dealkylation sites (N-methyl/N-ethyl adjacent to an activating group) is 1. The summed E-state index contributed by atoms with van der Waals surface area (Å²) < 4.78 is 0. The topological polar surface area (TPSA) is 45.2 Å². The standard InChI is InChI=1S/C14H21Cl2N3O/c1-9(2)7-10(8-19(3)4)17-14(20)13-11(15)5-6-12(16)18-13/h5-6,9-10H,7-8H2,1-4H3,(H,17,20). The summed E-state index contributed by atoms with van der Waals surface area (Å²) in [6.45, 7) is 5.01. The number of carbonyl (C=O) groups is 1. The number of halogens is 2. The summed E-state index contributed by atoms with van der Waals surface area (Å²) in [7, 11) is 3.95. The first kappa shape index (κ1) is 17.2. The number of pyridine rings is 1. The molecule has 0 aromatic carbocycles. The van der Waals surface area contributed by atoms with Gasteiger partial charge in [-0.1, -0.05) is 37.0 Å². The lowest BCUT2D eigenvalue weighted by Crippen LogP contribution is -2.42. The number of nitrogens with zero attached hydrogens (tertiary/aromatic N) is 2. The lowest BCUT2D eigenvalue weighted by molar-refractivity contribution is 0.0919. The predicted octanol–water partition coefficient (Wildman–Crippen LogP) is 3.09. The molecule has 0 saturated heterocycles. The van der Waals surface area contributed by atoms with E-state index in [9.17, 15) is 4.79 Å². The normalized spacial score (nSPS) is 12.8. The van der Waals surface area contributed by atoms with Crippen molar-refractivity contribution in [2.75, 3.05) is 20.6 Å². The van der Waals surface area contributed by atoms with Crippen LogP contribution in [0, 0.1) is 5.92 Å². The number of nitrogens with one attached hydrogen (secondary N) is 1. The molecule has 1 heterocycles. The van der Waals surface area contributed by atoms with Crippen molar-refractivity contribution in [3.8, 4) is 0 Å². The van der Waals surface area contributed by atoms with Crippen LogP contribution in [-0.4, -0.2) is 42.5 Å². The molecule has 20 heavy (non-hydrogen) atoms. The molecular weight excluding hydrogens is 297 g/mol. The second-order valence-electron chi connectivity index (χ2n) is 5.53. The predicted molar refractivity (Wildman–Crippen MR) is 83.5 cm³/mol. The molecule has 4 nitrogen and oxygen atoms in total. The largest absolute Gasteiger partial charge is 0.347 e. The number of rotatable bonds is 6. The Morgan fingerprint density at radius 1 is 1.35 bits per heavy atom. The van der Waals surface area contributed by atoms with Gasteiger partial charge in [-0.25, -0.2) is 4.98 Å². The van der Waals surface area contributed by atoms with Crippen molar-refractivity contribution >= 4 is 29.1 Å². The first-order chi connectivity index (χ1) is 9.29. The average molecular weight is 318 g/mol. The molecule has 0 spiro atoms. The van der Waals surface area contributed by atoms with Crippen molar-refractivity contribution in [3.63, 3.8) is 0 Å². The van der Waals surface area contributed by atoms with E-state index in [1.165, 1.54) is 0 Å². The van der Waals surface area contributed by atoms with E-state index in [0.29, 0.717) is 10.9 Å². The second-order valence-corrected chi connectivity index (χ2v) is 6.32. The van der Waals surface area contributed by atoms with Crippen molar-refractivity contribution < 1.29 is 4.79 Å². The van der Waals surface area contributed by atoms with E-state index >= 15 is 0 Å². The van der Waals surface area contributed by atoms with Crippen molar-refractivity contribution in [3.05, 3.63) is 28.0 Å². The van der Waals surface area contributed by atoms with E-state index in [2.05, 4.69) is 24.1 Å². The molecule has 0 aliphatic rings. The van der Waals surface area contributed by atoms with Crippen molar-refractivity contribution in [1.29, 1.82) is 0 Å². The first-order valence-electron chi connectivity index (χ1n) is 6.57. The van der Waals surface area contributed by atoms with Crippen LogP contribution in [0.1, 0.15) is 30.8 Å². The molecule has 1 amide bonds. The molecule has 0 saturated carbocycles. The van der Waals surface area contributed by atoms with Crippen LogP contribution in [0.15, 0.2) is 12.1 Å². The molecule has 1 unspecified atom stereocenters. The summed E-state index contributed by atoms with van der Waals surface area (Å²) in [6, 6.07) is 3.19. The first-order valence-corrected chi connectivity index (χ1v) is 7.32. The molecule has 0 fully saturated rings. The highest BCUT2D eigenvalue weighted by Gasteiger charge is 2.19. The smallest absolute Gasteiger partial charge is 0.271 e. The van der Waals surface area contributed by atoms with Gasteiger partial charge in [0.05, 0.1) is 5.02 Å². The van der Waals surface area contributed by atoms with Gasteiger partial charge in [-0.15, -0.1) is 0 Å². The van der Waals surface area contributed by atoms with E-state index in [0.717, 1.165) is 13.0 Å². The lowest BCUT2D eigenvalue weighted by atomic mass is 10.0. The zero-order chi connectivity index (χ0) is 15.3. The highest BCUT2D eigenvalue weighted by atomic mass is 35.5. The van der Waals surface area contributed by atoms with E-state index < -0.39 is 0 Å². The summed E-state index contributed by atoms with van der Waals surface area (Å²) in [5, 5.41) is 3.54. The lowest BCUT2D eigenvalue weighted by Gasteiger charge is -2.24. The molecule has 112 valence electrons. The molecular formula is C14H21Cl2N3O. The highest BCUT2D eigenvalue weighted by Crippen LogP contribution is 2.17. The summed E-state index contributed by atoms with van der Waals surface area (Å²) >= 11 is 11.8. The summed E-state index contributed by atoms with van der Waals surface area (Å²) in [5.74, 6) is 0.202. The Morgan fingerprint density at radius 2 is 2.00 bits per heavy atom. The van der Waals surface area contributed by atoms with Crippen molar-refractivity contribution in [2.45, 2.75) is 26.3 Å². The zero-order valence-corrected chi connectivity index (χ0v) is 13.8. The minimum Gasteiger partial charge on any atom is -0.347 e. The fourth-order valence-electron chi connectivity index (χ4n) is 2.02. The Kier molecular flexibility index (Phi) is 6.72. The maximum Gasteiger partial charge on any atom is 0.271 e. The van der Waals surface area contributed by atoms with Gasteiger partial charge in [0.1, 0.15) is 10.8 Å². The van der Waals surface area contributed by atoms with Crippen LogP contribution in [0.4, 0.5) is 0 Å². The van der Waals surface area contributed by atoms with Gasteiger partial charge in [-0.2, -0.15) is 0 Å². The van der Waals surface area contributed by atoms with Gasteiger partial charge in [0.2, 0.25) is 0 Å². The number of carbonyl (C=O) groups excluding carboxylic acids is 1. The zero-order valence-electron chi connectivity index (χ0n) is 12.3. The second kappa shape index (κ2) is 7.81. The number of amides is 1. The number of aromatic nitrogens is 1. The maximum atomic E-state index is 12.3. The van der Waals surface area contributed by atoms with Crippen molar-refractivity contribution in [2.24, 2.45) is 5.92 Å². The Balaban J connectivity index is 2.81. The van der Waals surface area contributed by atoms with E-state index in [1.807, 2.05) is 19.0 Å². The third-order valence-corrected chi connectivity index (χ3v) is 3.22. The van der Waals surface area contributed by atoms with E-state index in [-0.39, 0.29) is 22.8 Å². The van der Waals surface area contributed by atoms with Crippen LogP contribution in [0.5, 0.6) is 0 Å². The Hall–Kier alpha value is -0.840. The van der Waals surface area contributed by atoms with Gasteiger partial charge in [0, 0.05) is 12.6 Å². The summed E-state index contributed by atoms with van der Waals surface area (Å²) in [6.07, 6.45) is 0.891. The van der Waals surface area contributed by atoms with E-state index in [4.69, 9.17) is 23.2 Å². The number of hydrogen-bond donors (Lipinski definition) is 1. The van der Waals surface area contributed by atoms with Gasteiger partial charge in [-0.3, -0.25) is 4.79 Å². The van der Waals surface area contributed by atoms with Crippen LogP contribution in [0.3, 0.4) is 0 Å². The van der Waals surface area contributed by atoms with Gasteiger partial charge in [-0.05, 0) is 38.6 Å². The molecule has 1 aromatic heterocycles. The Labute approximate surface area is 130 Å². The molecule has 1 rings (SSSR count). The third-order valence-electron chi connectivity index (χ3n) is 2.70. The molecule has 0 aliphatic heterocycles. The SMILES string of the molecule is CC(C)CC(CN(C)C)NC(=O)c1nc(Cl)ccc1Cl. The van der Waals surface area contributed by atoms with Gasteiger partial charge < -0.3 is 10.2 Å². The van der Waals surface area contributed by atoms with Gasteiger partial charge >= 0.3 is 0 Å². The van der Waals surface area contributed by atoms with Crippen LogP contribution in [-0.2, 0) is 0 Å². The molecule has 1 N–H and O–H groups in total. The summed E-state index contributed by atoms with van der Waals surface area (Å²) in [4.78, 5) is 18.3. The molecule has 0 radical (unpaired) electrons. The van der Waals surface area contributed by atoms with Crippen LogP contribution < -0.4 is 5.32 Å². The fourth-order valence-corrected chi connectivity index (χ4v) is 2.36. The fraction of sp³-hybridized carbons (Fsp3) is 0.571. The van der Waals surface area contributed by atoms with Gasteiger partial charge in [0.15, 0.2) is 0 Å². The quantitative estimate of drug-likeness (QED) is 0.820. The van der Waals surface area contributed by atoms with E-state index in [1.54, 1.807) is 12.1 Å². The summed E-state index contributed by atoms with van der Waals surface area (Å²) in [5.41, 5.74) is 0.173.